The zero-order valence-electron chi connectivity index (χ0n) is 12.2. The quantitative estimate of drug-likeness (QED) is 0.306. The molecule has 0 atom stereocenters. The maximum atomic E-state index is 12.1. The van der Waals surface area contributed by atoms with Crippen LogP contribution in [0.3, 0.4) is 0 Å². The van der Waals surface area contributed by atoms with Crippen molar-refractivity contribution >= 4 is 33.7 Å². The van der Waals surface area contributed by atoms with Crippen LogP contribution >= 0.6 is 15.9 Å². The summed E-state index contributed by atoms with van der Waals surface area (Å²) in [6.07, 6.45) is 2.90. The number of ether oxygens (including phenoxy) is 1. The van der Waals surface area contributed by atoms with Crippen LogP contribution in [0.25, 0.3) is 0 Å². The Morgan fingerprint density at radius 3 is 2.27 bits per heavy atom. The molecule has 2 amide bonds. The van der Waals surface area contributed by atoms with E-state index in [0.717, 1.165) is 29.5 Å². The molecule has 0 saturated carbocycles. The number of fused-ring (bicyclic) bond motifs is 1. The summed E-state index contributed by atoms with van der Waals surface area (Å²) in [6.45, 7) is 0.445. The Balaban J connectivity index is 1.77. The molecular formula is C16H18BrNO4. The van der Waals surface area contributed by atoms with Gasteiger partial charge in [0.15, 0.2) is 0 Å². The van der Waals surface area contributed by atoms with E-state index in [1.165, 1.54) is 0 Å². The number of amides is 2. The van der Waals surface area contributed by atoms with E-state index in [2.05, 4.69) is 15.9 Å². The van der Waals surface area contributed by atoms with Crippen LogP contribution in [-0.2, 0) is 9.53 Å². The van der Waals surface area contributed by atoms with Crippen LogP contribution in [0.4, 0.5) is 0 Å². The van der Waals surface area contributed by atoms with Gasteiger partial charge >= 0.3 is 5.97 Å². The first-order chi connectivity index (χ1) is 10.6. The molecule has 1 heterocycles. The van der Waals surface area contributed by atoms with E-state index in [0.29, 0.717) is 17.7 Å². The van der Waals surface area contributed by atoms with Crippen LogP contribution in [0.15, 0.2) is 24.3 Å². The molecule has 0 bridgehead atoms. The summed E-state index contributed by atoms with van der Waals surface area (Å²) in [5, 5.41) is 0.945. The SMILES string of the molecule is O=C(CCN1C(=O)c2ccccc2C1=O)OCCCCCBr. The first kappa shape index (κ1) is 16.7. The maximum Gasteiger partial charge on any atom is 0.307 e. The van der Waals surface area contributed by atoms with Crippen molar-refractivity contribution in [2.75, 3.05) is 18.5 Å². The second kappa shape index (κ2) is 8.08. The van der Waals surface area contributed by atoms with E-state index in [1.807, 2.05) is 0 Å². The average Bonchev–Trinajstić information content (AvgIpc) is 2.77. The third kappa shape index (κ3) is 3.94. The highest BCUT2D eigenvalue weighted by molar-refractivity contribution is 9.09. The number of halogens is 1. The number of nitrogens with zero attached hydrogens (tertiary/aromatic N) is 1. The van der Waals surface area contributed by atoms with Crippen LogP contribution in [0.5, 0.6) is 0 Å². The zero-order valence-corrected chi connectivity index (χ0v) is 13.8. The van der Waals surface area contributed by atoms with Crippen molar-refractivity contribution in [2.24, 2.45) is 0 Å². The molecule has 0 saturated heterocycles. The summed E-state index contributed by atoms with van der Waals surface area (Å²) in [5.41, 5.74) is 0.797. The molecule has 22 heavy (non-hydrogen) atoms. The number of unbranched alkanes of at least 4 members (excludes halogenated alkanes) is 2. The van der Waals surface area contributed by atoms with Crippen LogP contribution in [0.1, 0.15) is 46.4 Å². The molecule has 118 valence electrons. The lowest BCUT2D eigenvalue weighted by Crippen LogP contribution is -2.32. The molecule has 0 N–H and O–H groups in total. The minimum Gasteiger partial charge on any atom is -0.466 e. The monoisotopic (exact) mass is 367 g/mol. The van der Waals surface area contributed by atoms with Crippen molar-refractivity contribution in [1.29, 1.82) is 0 Å². The molecule has 1 aromatic carbocycles. The number of benzene rings is 1. The predicted octanol–water partition coefficient (Wildman–Crippen LogP) is 2.78. The molecule has 0 aliphatic carbocycles. The van der Waals surface area contributed by atoms with Crippen LogP contribution < -0.4 is 0 Å². The molecule has 2 rings (SSSR count). The minimum atomic E-state index is -0.379. The Morgan fingerprint density at radius 1 is 1.05 bits per heavy atom. The Labute approximate surface area is 137 Å². The Hall–Kier alpha value is -1.69. The molecule has 0 spiro atoms. The van der Waals surface area contributed by atoms with Crippen molar-refractivity contribution in [1.82, 2.24) is 4.90 Å². The number of carbonyl (C=O) groups excluding carboxylic acids is 3. The number of alkyl halides is 1. The highest BCUT2D eigenvalue weighted by Crippen LogP contribution is 2.22. The number of hydrogen-bond acceptors (Lipinski definition) is 4. The van der Waals surface area contributed by atoms with Crippen LogP contribution in [-0.4, -0.2) is 41.2 Å². The molecular weight excluding hydrogens is 350 g/mol. The van der Waals surface area contributed by atoms with Gasteiger partial charge < -0.3 is 4.74 Å². The molecule has 0 unspecified atom stereocenters. The average molecular weight is 368 g/mol. The normalized spacial score (nSPS) is 13.4. The third-order valence-electron chi connectivity index (χ3n) is 3.46. The third-order valence-corrected chi connectivity index (χ3v) is 4.02. The first-order valence-electron chi connectivity index (χ1n) is 7.32. The standard InChI is InChI=1S/C16H18BrNO4/c17-9-4-1-5-11-22-14(19)8-10-18-15(20)12-6-2-3-7-13(12)16(18)21/h2-3,6-7H,1,4-5,8-11H2. The zero-order chi connectivity index (χ0) is 15.9. The molecule has 0 aromatic heterocycles. The van der Waals surface area contributed by atoms with Gasteiger partial charge in [0.05, 0.1) is 24.2 Å². The molecule has 5 nitrogen and oxygen atoms in total. The molecule has 6 heteroatoms. The molecule has 1 aromatic rings. The molecule has 0 radical (unpaired) electrons. The second-order valence-corrected chi connectivity index (χ2v) is 5.82. The molecule has 1 aliphatic heterocycles. The van der Waals surface area contributed by atoms with Gasteiger partial charge in [0, 0.05) is 11.9 Å². The summed E-state index contributed by atoms with van der Waals surface area (Å²) in [4.78, 5) is 36.9. The highest BCUT2D eigenvalue weighted by atomic mass is 79.9. The Kier molecular flexibility index (Phi) is 6.12. The van der Waals surface area contributed by atoms with Crippen molar-refractivity contribution in [2.45, 2.75) is 25.7 Å². The second-order valence-electron chi connectivity index (χ2n) is 5.03. The van der Waals surface area contributed by atoms with Crippen molar-refractivity contribution < 1.29 is 19.1 Å². The fourth-order valence-corrected chi connectivity index (χ4v) is 2.67. The van der Waals surface area contributed by atoms with Crippen molar-refractivity contribution in [3.05, 3.63) is 35.4 Å². The van der Waals surface area contributed by atoms with Gasteiger partial charge in [-0.1, -0.05) is 28.1 Å². The summed E-state index contributed by atoms with van der Waals surface area (Å²) in [7, 11) is 0. The van der Waals surface area contributed by atoms with Gasteiger partial charge in [0.25, 0.3) is 11.8 Å². The summed E-state index contributed by atoms with van der Waals surface area (Å²) >= 11 is 3.34. The van der Waals surface area contributed by atoms with E-state index < -0.39 is 0 Å². The number of esters is 1. The van der Waals surface area contributed by atoms with Gasteiger partial charge in [-0.05, 0) is 31.4 Å². The van der Waals surface area contributed by atoms with Gasteiger partial charge in [-0.2, -0.15) is 0 Å². The Bertz CT molecular complexity index is 538. The van der Waals surface area contributed by atoms with Crippen molar-refractivity contribution in [3.63, 3.8) is 0 Å². The minimum absolute atomic E-state index is 0.0317. The lowest BCUT2D eigenvalue weighted by Gasteiger charge is -2.13. The van der Waals surface area contributed by atoms with Gasteiger partial charge in [-0.25, -0.2) is 0 Å². The molecule has 1 aliphatic rings. The number of imide groups is 1. The number of carbonyl (C=O) groups is 3. The largest absolute Gasteiger partial charge is 0.466 e. The first-order valence-corrected chi connectivity index (χ1v) is 8.44. The molecule has 0 fully saturated rings. The van der Waals surface area contributed by atoms with E-state index in [4.69, 9.17) is 4.74 Å². The van der Waals surface area contributed by atoms with E-state index in [1.54, 1.807) is 24.3 Å². The number of hydrogen-bond donors (Lipinski definition) is 0. The summed E-state index contributed by atoms with van der Waals surface area (Å²) < 4.78 is 5.09. The summed E-state index contributed by atoms with van der Waals surface area (Å²) in [5.74, 6) is -1.06. The van der Waals surface area contributed by atoms with Gasteiger partial charge in [0.2, 0.25) is 0 Å². The lowest BCUT2D eigenvalue weighted by atomic mass is 10.1. The van der Waals surface area contributed by atoms with E-state index in [9.17, 15) is 14.4 Å². The lowest BCUT2D eigenvalue weighted by molar-refractivity contribution is -0.143. The Morgan fingerprint density at radius 2 is 1.68 bits per heavy atom. The van der Waals surface area contributed by atoms with Crippen LogP contribution in [0, 0.1) is 0 Å². The fraction of sp³-hybridized carbons (Fsp3) is 0.438. The highest BCUT2D eigenvalue weighted by Gasteiger charge is 2.35. The van der Waals surface area contributed by atoms with Crippen LogP contribution in [0.2, 0.25) is 0 Å². The van der Waals surface area contributed by atoms with E-state index >= 15 is 0 Å². The van der Waals surface area contributed by atoms with Crippen molar-refractivity contribution in [3.8, 4) is 0 Å². The smallest absolute Gasteiger partial charge is 0.307 e. The van der Waals surface area contributed by atoms with Gasteiger partial charge in [0.1, 0.15) is 0 Å². The summed E-state index contributed by atoms with van der Waals surface area (Å²) in [6, 6.07) is 6.68. The van der Waals surface area contributed by atoms with Gasteiger partial charge in [-0.3, -0.25) is 19.3 Å². The van der Waals surface area contributed by atoms with Gasteiger partial charge in [-0.15, -0.1) is 0 Å². The maximum absolute atomic E-state index is 12.1. The predicted molar refractivity (Wildman–Crippen MR) is 85.0 cm³/mol. The fourth-order valence-electron chi connectivity index (χ4n) is 2.28. The topological polar surface area (TPSA) is 63.7 Å². The van der Waals surface area contributed by atoms with E-state index in [-0.39, 0.29) is 30.7 Å². The number of rotatable bonds is 8.